The van der Waals surface area contributed by atoms with Crippen LogP contribution in [0.1, 0.15) is 38.2 Å². The number of para-hydroxylation sites is 1. The van der Waals surface area contributed by atoms with Gasteiger partial charge in [0.2, 0.25) is 0 Å². The highest BCUT2D eigenvalue weighted by Crippen LogP contribution is 2.35. The van der Waals surface area contributed by atoms with Gasteiger partial charge in [0.05, 0.1) is 17.3 Å². The molecular formula is C14H20ClNO. The van der Waals surface area contributed by atoms with E-state index < -0.39 is 0 Å². The minimum absolute atomic E-state index is 0.0547. The summed E-state index contributed by atoms with van der Waals surface area (Å²) >= 11 is 6.31. The molecule has 0 heterocycles. The standard InChI is InChI=1S/C14H20ClNO/c1-2-16(12-7-3-4-8-12)14-11(10-17)6-5-9-13(14)15/h5-6,9,12,17H,2-4,7-8,10H2,1H3. The molecular weight excluding hydrogens is 234 g/mol. The average molecular weight is 254 g/mol. The summed E-state index contributed by atoms with van der Waals surface area (Å²) in [5.41, 5.74) is 1.97. The molecule has 0 atom stereocenters. The smallest absolute Gasteiger partial charge is 0.0702 e. The molecule has 0 bridgehead atoms. The molecule has 1 aliphatic carbocycles. The third kappa shape index (κ3) is 2.58. The number of rotatable bonds is 4. The van der Waals surface area contributed by atoms with E-state index in [4.69, 9.17) is 11.6 Å². The van der Waals surface area contributed by atoms with Gasteiger partial charge in [-0.1, -0.05) is 36.6 Å². The van der Waals surface area contributed by atoms with E-state index in [1.807, 2.05) is 18.2 Å². The number of halogens is 1. The highest BCUT2D eigenvalue weighted by molar-refractivity contribution is 6.33. The number of aliphatic hydroxyl groups excluding tert-OH is 1. The number of aliphatic hydroxyl groups is 1. The molecule has 1 N–H and O–H groups in total. The van der Waals surface area contributed by atoms with Gasteiger partial charge in [-0.15, -0.1) is 0 Å². The van der Waals surface area contributed by atoms with E-state index in [1.165, 1.54) is 25.7 Å². The Morgan fingerprint density at radius 2 is 2.06 bits per heavy atom. The Kier molecular flexibility index (Phi) is 4.30. The van der Waals surface area contributed by atoms with Gasteiger partial charge in [-0.05, 0) is 25.8 Å². The zero-order valence-electron chi connectivity index (χ0n) is 10.3. The maximum atomic E-state index is 9.44. The van der Waals surface area contributed by atoms with Crippen molar-refractivity contribution in [3.8, 4) is 0 Å². The van der Waals surface area contributed by atoms with Crippen LogP contribution in [0.5, 0.6) is 0 Å². The summed E-state index contributed by atoms with van der Waals surface area (Å²) in [4.78, 5) is 2.36. The second-order valence-corrected chi connectivity index (χ2v) is 5.04. The molecule has 1 aliphatic rings. The highest BCUT2D eigenvalue weighted by atomic mass is 35.5. The van der Waals surface area contributed by atoms with Crippen LogP contribution in [0.3, 0.4) is 0 Å². The van der Waals surface area contributed by atoms with Crippen LogP contribution in [0.15, 0.2) is 18.2 Å². The average Bonchev–Trinajstić information content (AvgIpc) is 2.86. The first-order chi connectivity index (χ1) is 8.27. The van der Waals surface area contributed by atoms with Crippen molar-refractivity contribution in [3.63, 3.8) is 0 Å². The number of hydrogen-bond acceptors (Lipinski definition) is 2. The first-order valence-corrected chi connectivity index (χ1v) is 6.80. The molecule has 0 saturated heterocycles. The van der Waals surface area contributed by atoms with Gasteiger partial charge < -0.3 is 10.0 Å². The van der Waals surface area contributed by atoms with Crippen LogP contribution in [-0.2, 0) is 6.61 Å². The van der Waals surface area contributed by atoms with Gasteiger partial charge in [0.1, 0.15) is 0 Å². The van der Waals surface area contributed by atoms with Crippen molar-refractivity contribution in [1.82, 2.24) is 0 Å². The van der Waals surface area contributed by atoms with E-state index >= 15 is 0 Å². The summed E-state index contributed by atoms with van der Waals surface area (Å²) in [5.74, 6) is 0. The molecule has 2 nitrogen and oxygen atoms in total. The molecule has 1 fully saturated rings. The zero-order chi connectivity index (χ0) is 12.3. The maximum Gasteiger partial charge on any atom is 0.0702 e. The normalized spacial score (nSPS) is 16.4. The van der Waals surface area contributed by atoms with Crippen LogP contribution in [0, 0.1) is 0 Å². The van der Waals surface area contributed by atoms with Crippen LogP contribution in [0.25, 0.3) is 0 Å². The number of nitrogens with zero attached hydrogens (tertiary/aromatic N) is 1. The Morgan fingerprint density at radius 1 is 1.35 bits per heavy atom. The van der Waals surface area contributed by atoms with Gasteiger partial charge in [0.15, 0.2) is 0 Å². The fourth-order valence-electron chi connectivity index (χ4n) is 2.82. The van der Waals surface area contributed by atoms with Gasteiger partial charge in [0, 0.05) is 18.2 Å². The second-order valence-electron chi connectivity index (χ2n) is 4.63. The van der Waals surface area contributed by atoms with Gasteiger partial charge >= 0.3 is 0 Å². The van der Waals surface area contributed by atoms with Crippen LogP contribution < -0.4 is 4.90 Å². The predicted molar refractivity (Wildman–Crippen MR) is 72.7 cm³/mol. The van der Waals surface area contributed by atoms with E-state index in [0.717, 1.165) is 22.8 Å². The molecule has 0 aliphatic heterocycles. The monoisotopic (exact) mass is 253 g/mol. The first kappa shape index (κ1) is 12.7. The number of anilines is 1. The Bertz CT molecular complexity index is 374. The van der Waals surface area contributed by atoms with Gasteiger partial charge in [-0.25, -0.2) is 0 Å². The summed E-state index contributed by atoms with van der Waals surface area (Å²) in [6.45, 7) is 3.16. The van der Waals surface area contributed by atoms with Crippen LogP contribution in [0.2, 0.25) is 5.02 Å². The van der Waals surface area contributed by atoms with Crippen molar-refractivity contribution < 1.29 is 5.11 Å². The molecule has 1 aromatic carbocycles. The molecule has 3 heteroatoms. The molecule has 0 aromatic heterocycles. The molecule has 17 heavy (non-hydrogen) atoms. The number of hydrogen-bond donors (Lipinski definition) is 1. The fraction of sp³-hybridized carbons (Fsp3) is 0.571. The SMILES string of the molecule is CCN(c1c(Cl)cccc1CO)C1CCCC1. The fourth-order valence-corrected chi connectivity index (χ4v) is 3.13. The van der Waals surface area contributed by atoms with E-state index in [-0.39, 0.29) is 6.61 Å². The van der Waals surface area contributed by atoms with Crippen molar-refractivity contribution in [2.45, 2.75) is 45.3 Å². The topological polar surface area (TPSA) is 23.5 Å². The zero-order valence-corrected chi connectivity index (χ0v) is 11.1. The summed E-state index contributed by atoms with van der Waals surface area (Å²) < 4.78 is 0. The van der Waals surface area contributed by atoms with Crippen molar-refractivity contribution in [1.29, 1.82) is 0 Å². The minimum atomic E-state index is 0.0547. The van der Waals surface area contributed by atoms with Crippen molar-refractivity contribution in [2.75, 3.05) is 11.4 Å². The van der Waals surface area contributed by atoms with Gasteiger partial charge in [0.25, 0.3) is 0 Å². The van der Waals surface area contributed by atoms with Crippen LogP contribution >= 0.6 is 11.6 Å². The maximum absolute atomic E-state index is 9.44. The lowest BCUT2D eigenvalue weighted by molar-refractivity contribution is 0.282. The molecule has 2 rings (SSSR count). The molecule has 0 spiro atoms. The Morgan fingerprint density at radius 3 is 2.65 bits per heavy atom. The Balaban J connectivity index is 2.35. The van der Waals surface area contributed by atoms with Gasteiger partial charge in [-0.3, -0.25) is 0 Å². The lowest BCUT2D eigenvalue weighted by Crippen LogP contribution is -2.34. The van der Waals surface area contributed by atoms with E-state index in [9.17, 15) is 5.11 Å². The third-order valence-corrected chi connectivity index (χ3v) is 3.94. The Labute approximate surface area is 108 Å². The quantitative estimate of drug-likeness (QED) is 0.886. The van der Waals surface area contributed by atoms with Crippen molar-refractivity contribution in [3.05, 3.63) is 28.8 Å². The summed E-state index contributed by atoms with van der Waals surface area (Å²) in [5, 5.41) is 10.2. The summed E-state index contributed by atoms with van der Waals surface area (Å²) in [7, 11) is 0. The summed E-state index contributed by atoms with van der Waals surface area (Å²) in [6, 6.07) is 6.36. The van der Waals surface area contributed by atoms with Crippen molar-refractivity contribution >= 4 is 17.3 Å². The highest BCUT2D eigenvalue weighted by Gasteiger charge is 2.24. The molecule has 0 radical (unpaired) electrons. The molecule has 94 valence electrons. The number of benzene rings is 1. The van der Waals surface area contributed by atoms with Gasteiger partial charge in [-0.2, -0.15) is 0 Å². The lowest BCUT2D eigenvalue weighted by atomic mass is 10.1. The third-order valence-electron chi connectivity index (χ3n) is 3.63. The van der Waals surface area contributed by atoms with Crippen molar-refractivity contribution in [2.24, 2.45) is 0 Å². The molecule has 0 amide bonds. The van der Waals surface area contributed by atoms with E-state index in [2.05, 4.69) is 11.8 Å². The largest absolute Gasteiger partial charge is 0.392 e. The second kappa shape index (κ2) is 5.74. The molecule has 0 unspecified atom stereocenters. The Hall–Kier alpha value is -0.730. The van der Waals surface area contributed by atoms with E-state index in [1.54, 1.807) is 0 Å². The molecule has 1 saturated carbocycles. The lowest BCUT2D eigenvalue weighted by Gasteiger charge is -2.32. The van der Waals surface area contributed by atoms with Crippen LogP contribution in [-0.4, -0.2) is 17.7 Å². The summed E-state index contributed by atoms with van der Waals surface area (Å²) in [6.07, 6.45) is 5.09. The first-order valence-electron chi connectivity index (χ1n) is 6.42. The van der Waals surface area contributed by atoms with E-state index in [0.29, 0.717) is 6.04 Å². The van der Waals surface area contributed by atoms with Crippen LogP contribution in [0.4, 0.5) is 5.69 Å². The minimum Gasteiger partial charge on any atom is -0.392 e. The predicted octanol–water partition coefficient (Wildman–Crippen LogP) is 3.60. The molecule has 1 aromatic rings.